The minimum Gasteiger partial charge on any atom is -0.332 e. The van der Waals surface area contributed by atoms with E-state index < -0.39 is 0 Å². The first-order valence-corrected chi connectivity index (χ1v) is 8.19. The number of carbonyl (C=O) groups is 2. The third-order valence-electron chi connectivity index (χ3n) is 3.34. The predicted molar refractivity (Wildman–Crippen MR) is 96.2 cm³/mol. The van der Waals surface area contributed by atoms with Crippen LogP contribution < -0.4 is 10.6 Å². The van der Waals surface area contributed by atoms with Crippen LogP contribution in [-0.2, 0) is 0 Å². The molecule has 1 amide bonds. The van der Waals surface area contributed by atoms with Crippen LogP contribution in [0.4, 0.5) is 16.5 Å². The van der Waals surface area contributed by atoms with Crippen molar-refractivity contribution in [1.29, 1.82) is 0 Å². The highest BCUT2D eigenvalue weighted by Crippen LogP contribution is 2.20. The van der Waals surface area contributed by atoms with Crippen LogP contribution in [0.3, 0.4) is 0 Å². The lowest BCUT2D eigenvalue weighted by molar-refractivity contribution is 0.101. The lowest BCUT2D eigenvalue weighted by Gasteiger charge is -2.08. The minimum absolute atomic E-state index is 0.0410. The zero-order valence-corrected chi connectivity index (χ0v) is 13.8. The zero-order valence-electron chi connectivity index (χ0n) is 12.9. The average Bonchev–Trinajstić information content (AvgIpc) is 3.08. The molecule has 0 fully saturated rings. The molecule has 5 nitrogen and oxygen atoms in total. The smallest absolute Gasteiger partial charge is 0.255 e. The molecule has 0 aliphatic carbocycles. The molecule has 1 aromatic heterocycles. The summed E-state index contributed by atoms with van der Waals surface area (Å²) in [5.41, 5.74) is 2.46. The third kappa shape index (κ3) is 3.85. The lowest BCUT2D eigenvalue weighted by atomic mass is 10.1. The van der Waals surface area contributed by atoms with Gasteiger partial charge in [-0.3, -0.25) is 9.59 Å². The molecule has 0 bridgehead atoms. The van der Waals surface area contributed by atoms with Gasteiger partial charge in [0.25, 0.3) is 5.91 Å². The van der Waals surface area contributed by atoms with Crippen molar-refractivity contribution in [1.82, 2.24) is 4.98 Å². The SMILES string of the molecule is CC(=O)c1cccc(NC(=O)c2cccc(Nc3nccs3)c2)c1. The van der Waals surface area contributed by atoms with E-state index in [1.54, 1.807) is 48.7 Å². The topological polar surface area (TPSA) is 71.1 Å². The highest BCUT2D eigenvalue weighted by atomic mass is 32.1. The van der Waals surface area contributed by atoms with Gasteiger partial charge in [-0.05, 0) is 37.3 Å². The minimum atomic E-state index is -0.238. The number of hydrogen-bond acceptors (Lipinski definition) is 5. The Bertz CT molecular complexity index is 875. The Morgan fingerprint density at radius 2 is 1.71 bits per heavy atom. The molecular formula is C18H15N3O2S. The van der Waals surface area contributed by atoms with Crippen molar-refractivity contribution in [2.24, 2.45) is 0 Å². The number of benzene rings is 2. The second-order valence-electron chi connectivity index (χ2n) is 5.13. The van der Waals surface area contributed by atoms with E-state index in [4.69, 9.17) is 0 Å². The highest BCUT2D eigenvalue weighted by molar-refractivity contribution is 7.13. The van der Waals surface area contributed by atoms with Crippen LogP contribution in [0.2, 0.25) is 0 Å². The first kappa shape index (κ1) is 15.9. The van der Waals surface area contributed by atoms with Crippen molar-refractivity contribution in [2.45, 2.75) is 6.92 Å². The summed E-state index contributed by atoms with van der Waals surface area (Å²) in [6.07, 6.45) is 1.71. The van der Waals surface area contributed by atoms with Gasteiger partial charge < -0.3 is 10.6 Å². The Hall–Kier alpha value is -2.99. The molecule has 0 unspecified atom stereocenters. The Morgan fingerprint density at radius 1 is 1.00 bits per heavy atom. The molecule has 2 N–H and O–H groups in total. The summed E-state index contributed by atoms with van der Waals surface area (Å²) in [5, 5.41) is 8.60. The van der Waals surface area contributed by atoms with Gasteiger partial charge >= 0.3 is 0 Å². The van der Waals surface area contributed by atoms with Crippen LogP contribution in [0.25, 0.3) is 0 Å². The second-order valence-corrected chi connectivity index (χ2v) is 6.03. The summed E-state index contributed by atoms with van der Waals surface area (Å²) in [5.74, 6) is -0.278. The predicted octanol–water partition coefficient (Wildman–Crippen LogP) is 4.34. The molecule has 0 atom stereocenters. The van der Waals surface area contributed by atoms with Crippen LogP contribution in [-0.4, -0.2) is 16.7 Å². The number of Topliss-reactive ketones (excluding diaryl/α,β-unsaturated/α-hetero) is 1. The van der Waals surface area contributed by atoms with Crippen molar-refractivity contribution in [3.05, 3.63) is 71.2 Å². The van der Waals surface area contributed by atoms with Crippen LogP contribution >= 0.6 is 11.3 Å². The van der Waals surface area contributed by atoms with Gasteiger partial charge in [0.05, 0.1) is 0 Å². The Kier molecular flexibility index (Phi) is 4.67. The highest BCUT2D eigenvalue weighted by Gasteiger charge is 2.08. The standard InChI is InChI=1S/C18H15N3O2S/c1-12(22)13-4-2-6-15(10-13)20-17(23)14-5-3-7-16(11-14)21-18-19-8-9-24-18/h2-11H,1H3,(H,19,21)(H,20,23). The number of ketones is 1. The van der Waals surface area contributed by atoms with Crippen molar-refractivity contribution in [3.8, 4) is 0 Å². The average molecular weight is 337 g/mol. The number of anilines is 3. The Balaban J connectivity index is 1.75. The Labute approximate surface area is 143 Å². The summed E-state index contributed by atoms with van der Waals surface area (Å²) in [6, 6.07) is 14.0. The fourth-order valence-electron chi connectivity index (χ4n) is 2.17. The number of nitrogens with one attached hydrogen (secondary N) is 2. The van der Waals surface area contributed by atoms with E-state index in [1.165, 1.54) is 18.3 Å². The van der Waals surface area contributed by atoms with Gasteiger partial charge in [0.2, 0.25) is 0 Å². The number of aromatic nitrogens is 1. The molecule has 3 rings (SSSR count). The van der Waals surface area contributed by atoms with Gasteiger partial charge in [0.15, 0.2) is 10.9 Å². The van der Waals surface area contributed by atoms with E-state index in [2.05, 4.69) is 15.6 Å². The van der Waals surface area contributed by atoms with E-state index in [1.807, 2.05) is 11.4 Å². The van der Waals surface area contributed by atoms with Crippen LogP contribution in [0.1, 0.15) is 27.6 Å². The van der Waals surface area contributed by atoms with Crippen molar-refractivity contribution in [3.63, 3.8) is 0 Å². The van der Waals surface area contributed by atoms with Crippen LogP contribution in [0, 0.1) is 0 Å². The first-order valence-electron chi connectivity index (χ1n) is 7.31. The molecule has 0 aliphatic heterocycles. The first-order chi connectivity index (χ1) is 11.6. The van der Waals surface area contributed by atoms with E-state index in [-0.39, 0.29) is 11.7 Å². The van der Waals surface area contributed by atoms with Crippen molar-refractivity contribution in [2.75, 3.05) is 10.6 Å². The number of amides is 1. The summed E-state index contributed by atoms with van der Waals surface area (Å²) < 4.78 is 0. The maximum atomic E-state index is 12.4. The van der Waals surface area contributed by atoms with Gasteiger partial charge in [-0.1, -0.05) is 18.2 Å². The van der Waals surface area contributed by atoms with E-state index in [9.17, 15) is 9.59 Å². The normalized spacial score (nSPS) is 10.2. The molecule has 0 saturated carbocycles. The van der Waals surface area contributed by atoms with Gasteiger partial charge in [-0.25, -0.2) is 4.98 Å². The Morgan fingerprint density at radius 3 is 2.42 bits per heavy atom. The lowest BCUT2D eigenvalue weighted by Crippen LogP contribution is -2.12. The molecular weight excluding hydrogens is 322 g/mol. The molecule has 120 valence electrons. The van der Waals surface area contributed by atoms with Crippen LogP contribution in [0.15, 0.2) is 60.1 Å². The fraction of sp³-hybridized carbons (Fsp3) is 0.0556. The molecule has 1 heterocycles. The summed E-state index contributed by atoms with van der Waals surface area (Å²) >= 11 is 1.48. The molecule has 0 aliphatic rings. The van der Waals surface area contributed by atoms with E-state index in [0.29, 0.717) is 16.8 Å². The summed E-state index contributed by atoms with van der Waals surface area (Å²) in [4.78, 5) is 28.0. The number of rotatable bonds is 5. The molecule has 2 aromatic carbocycles. The number of carbonyl (C=O) groups excluding carboxylic acids is 2. The second kappa shape index (κ2) is 7.06. The quantitative estimate of drug-likeness (QED) is 0.679. The van der Waals surface area contributed by atoms with Gasteiger partial charge in [0, 0.05) is 34.1 Å². The van der Waals surface area contributed by atoms with E-state index in [0.717, 1.165) is 10.8 Å². The van der Waals surface area contributed by atoms with Crippen LogP contribution in [0.5, 0.6) is 0 Å². The fourth-order valence-corrected chi connectivity index (χ4v) is 2.72. The maximum Gasteiger partial charge on any atom is 0.255 e. The van der Waals surface area contributed by atoms with Gasteiger partial charge in [-0.2, -0.15) is 0 Å². The third-order valence-corrected chi connectivity index (χ3v) is 4.02. The number of thiazole rings is 1. The maximum absolute atomic E-state index is 12.4. The number of nitrogens with zero attached hydrogens (tertiary/aromatic N) is 1. The van der Waals surface area contributed by atoms with Gasteiger partial charge in [0.1, 0.15) is 0 Å². The molecule has 3 aromatic rings. The molecule has 0 spiro atoms. The molecule has 0 radical (unpaired) electrons. The summed E-state index contributed by atoms with van der Waals surface area (Å²) in [7, 11) is 0. The van der Waals surface area contributed by atoms with Gasteiger partial charge in [-0.15, -0.1) is 11.3 Å². The monoisotopic (exact) mass is 337 g/mol. The summed E-state index contributed by atoms with van der Waals surface area (Å²) in [6.45, 7) is 1.49. The molecule has 6 heteroatoms. The molecule has 0 saturated heterocycles. The molecule has 24 heavy (non-hydrogen) atoms. The zero-order chi connectivity index (χ0) is 16.9. The largest absolute Gasteiger partial charge is 0.332 e. The van der Waals surface area contributed by atoms with Crippen molar-refractivity contribution < 1.29 is 9.59 Å². The van der Waals surface area contributed by atoms with E-state index >= 15 is 0 Å². The number of hydrogen-bond donors (Lipinski definition) is 2. The van der Waals surface area contributed by atoms with Crippen molar-refractivity contribution >= 4 is 39.5 Å².